The van der Waals surface area contributed by atoms with E-state index in [1.807, 2.05) is 12.1 Å². The fourth-order valence-electron chi connectivity index (χ4n) is 2.84. The predicted octanol–water partition coefficient (Wildman–Crippen LogP) is 3.74. The first-order valence-corrected chi connectivity index (χ1v) is 11.1. The van der Waals surface area contributed by atoms with Crippen molar-refractivity contribution in [1.29, 1.82) is 0 Å². The average Bonchev–Trinajstić information content (AvgIpc) is 2.74. The Hall–Kier alpha value is -3.46. The van der Waals surface area contributed by atoms with Crippen molar-refractivity contribution < 1.29 is 17.9 Å². The lowest BCUT2D eigenvalue weighted by molar-refractivity contribution is 0.102. The van der Waals surface area contributed by atoms with Gasteiger partial charge in [-0.15, -0.1) is 0 Å². The molecule has 0 aliphatic heterocycles. The SMILES string of the molecule is COc1cnc(NS(=O)(=O)c2ccc(NC(=O)c3ccc(CC(C)C)cc3)cc2)nc1. The van der Waals surface area contributed by atoms with Gasteiger partial charge in [0.05, 0.1) is 24.4 Å². The van der Waals surface area contributed by atoms with Gasteiger partial charge in [-0.1, -0.05) is 26.0 Å². The van der Waals surface area contributed by atoms with Gasteiger partial charge in [0.1, 0.15) is 0 Å². The minimum absolute atomic E-state index is 0.0166. The van der Waals surface area contributed by atoms with Crippen molar-refractivity contribution in [3.05, 3.63) is 72.1 Å². The Morgan fingerprint density at radius 3 is 2.16 bits per heavy atom. The van der Waals surface area contributed by atoms with E-state index in [2.05, 4.69) is 33.9 Å². The molecule has 8 nitrogen and oxygen atoms in total. The van der Waals surface area contributed by atoms with E-state index in [-0.39, 0.29) is 16.8 Å². The first-order valence-electron chi connectivity index (χ1n) is 9.66. The van der Waals surface area contributed by atoms with Crippen molar-refractivity contribution in [3.8, 4) is 5.75 Å². The molecule has 0 radical (unpaired) electrons. The lowest BCUT2D eigenvalue weighted by Crippen LogP contribution is -2.15. The molecule has 2 aromatic carbocycles. The summed E-state index contributed by atoms with van der Waals surface area (Å²) in [5.74, 6) is 0.619. The van der Waals surface area contributed by atoms with E-state index in [1.54, 1.807) is 12.1 Å². The molecule has 0 atom stereocenters. The van der Waals surface area contributed by atoms with Crippen LogP contribution in [0.2, 0.25) is 0 Å². The van der Waals surface area contributed by atoms with Gasteiger partial charge in [-0.2, -0.15) is 0 Å². The predicted molar refractivity (Wildman–Crippen MR) is 119 cm³/mol. The molecule has 1 aromatic heterocycles. The summed E-state index contributed by atoms with van der Waals surface area (Å²) in [6.45, 7) is 4.29. The normalized spacial score (nSPS) is 11.2. The molecule has 0 aliphatic carbocycles. The lowest BCUT2D eigenvalue weighted by Gasteiger charge is -2.09. The minimum Gasteiger partial charge on any atom is -0.494 e. The fraction of sp³-hybridized carbons (Fsp3) is 0.227. The average molecular weight is 441 g/mol. The lowest BCUT2D eigenvalue weighted by atomic mass is 10.0. The molecule has 0 unspecified atom stereocenters. The van der Waals surface area contributed by atoms with Gasteiger partial charge in [0, 0.05) is 11.3 Å². The van der Waals surface area contributed by atoms with Crippen LogP contribution in [0.3, 0.4) is 0 Å². The highest BCUT2D eigenvalue weighted by molar-refractivity contribution is 7.92. The standard InChI is InChI=1S/C22H24N4O4S/c1-15(2)12-16-4-6-17(7-5-16)21(27)25-18-8-10-20(11-9-18)31(28,29)26-22-23-13-19(30-3)14-24-22/h4-11,13-15H,12H2,1-3H3,(H,25,27)(H,23,24,26). The van der Waals surface area contributed by atoms with E-state index in [0.717, 1.165) is 6.42 Å². The third-order valence-corrected chi connectivity index (χ3v) is 5.72. The smallest absolute Gasteiger partial charge is 0.264 e. The number of nitrogens with zero attached hydrogens (tertiary/aromatic N) is 2. The summed E-state index contributed by atoms with van der Waals surface area (Å²) in [7, 11) is -2.41. The monoisotopic (exact) mass is 440 g/mol. The van der Waals surface area contributed by atoms with Crippen molar-refractivity contribution in [2.75, 3.05) is 17.1 Å². The van der Waals surface area contributed by atoms with Crippen LogP contribution in [0.4, 0.5) is 11.6 Å². The molecule has 0 saturated carbocycles. The number of carbonyl (C=O) groups is 1. The number of hydrogen-bond acceptors (Lipinski definition) is 6. The zero-order chi connectivity index (χ0) is 22.4. The van der Waals surface area contributed by atoms with E-state index in [1.165, 1.54) is 49.3 Å². The van der Waals surface area contributed by atoms with Crippen LogP contribution in [0.5, 0.6) is 5.75 Å². The zero-order valence-electron chi connectivity index (χ0n) is 17.5. The van der Waals surface area contributed by atoms with Gasteiger partial charge < -0.3 is 10.1 Å². The molecule has 162 valence electrons. The minimum atomic E-state index is -3.87. The Bertz CT molecular complexity index is 1130. The maximum absolute atomic E-state index is 12.5. The van der Waals surface area contributed by atoms with Gasteiger partial charge in [-0.3, -0.25) is 4.79 Å². The molecule has 0 spiro atoms. The molecule has 0 bridgehead atoms. The summed E-state index contributed by atoms with van der Waals surface area (Å²) in [6.07, 6.45) is 3.67. The van der Waals surface area contributed by atoms with E-state index < -0.39 is 10.0 Å². The number of benzene rings is 2. The van der Waals surface area contributed by atoms with Crippen molar-refractivity contribution in [3.63, 3.8) is 0 Å². The molecule has 0 saturated heterocycles. The van der Waals surface area contributed by atoms with E-state index in [4.69, 9.17) is 4.74 Å². The molecule has 2 N–H and O–H groups in total. The van der Waals surface area contributed by atoms with Gasteiger partial charge in [0.15, 0.2) is 5.75 Å². The van der Waals surface area contributed by atoms with Crippen LogP contribution in [0.15, 0.2) is 65.8 Å². The maximum Gasteiger partial charge on any atom is 0.264 e. The van der Waals surface area contributed by atoms with Gasteiger partial charge in [0.2, 0.25) is 5.95 Å². The van der Waals surface area contributed by atoms with Crippen molar-refractivity contribution in [2.45, 2.75) is 25.2 Å². The summed E-state index contributed by atoms with van der Waals surface area (Å²) in [6, 6.07) is 13.3. The Kier molecular flexibility index (Phi) is 6.86. The second-order valence-corrected chi connectivity index (χ2v) is 9.01. The maximum atomic E-state index is 12.5. The quantitative estimate of drug-likeness (QED) is 0.552. The van der Waals surface area contributed by atoms with Gasteiger partial charge in [-0.05, 0) is 54.3 Å². The van der Waals surface area contributed by atoms with Crippen molar-refractivity contribution in [2.24, 2.45) is 5.92 Å². The van der Waals surface area contributed by atoms with Crippen LogP contribution in [-0.2, 0) is 16.4 Å². The number of hydrogen-bond donors (Lipinski definition) is 2. The Balaban J connectivity index is 1.65. The summed E-state index contributed by atoms with van der Waals surface area (Å²) >= 11 is 0. The zero-order valence-corrected chi connectivity index (χ0v) is 18.3. The van der Waals surface area contributed by atoms with Crippen LogP contribution in [0.1, 0.15) is 29.8 Å². The number of carbonyl (C=O) groups excluding carboxylic acids is 1. The van der Waals surface area contributed by atoms with E-state index >= 15 is 0 Å². The second kappa shape index (κ2) is 9.57. The molecule has 1 amide bonds. The van der Waals surface area contributed by atoms with Gasteiger partial charge >= 0.3 is 0 Å². The molecule has 3 aromatic rings. The van der Waals surface area contributed by atoms with Crippen LogP contribution < -0.4 is 14.8 Å². The van der Waals surface area contributed by atoms with Crippen LogP contribution in [0, 0.1) is 5.92 Å². The Morgan fingerprint density at radius 1 is 1.00 bits per heavy atom. The summed E-state index contributed by atoms with van der Waals surface area (Å²) in [5, 5.41) is 2.77. The topological polar surface area (TPSA) is 110 Å². The highest BCUT2D eigenvalue weighted by Gasteiger charge is 2.16. The molecule has 1 heterocycles. The molecule has 0 fully saturated rings. The number of ether oxygens (including phenoxy) is 1. The number of sulfonamides is 1. The second-order valence-electron chi connectivity index (χ2n) is 7.33. The van der Waals surface area contributed by atoms with E-state index in [0.29, 0.717) is 22.9 Å². The number of methoxy groups -OCH3 is 1. The molecular weight excluding hydrogens is 416 g/mol. The third kappa shape index (κ3) is 6.02. The van der Waals surface area contributed by atoms with Crippen LogP contribution in [-0.4, -0.2) is 31.4 Å². The fourth-order valence-corrected chi connectivity index (χ4v) is 3.80. The van der Waals surface area contributed by atoms with Crippen molar-refractivity contribution >= 4 is 27.6 Å². The van der Waals surface area contributed by atoms with Crippen molar-refractivity contribution in [1.82, 2.24) is 9.97 Å². The molecule has 31 heavy (non-hydrogen) atoms. The third-order valence-electron chi connectivity index (χ3n) is 4.37. The van der Waals surface area contributed by atoms with E-state index in [9.17, 15) is 13.2 Å². The number of amides is 1. The van der Waals surface area contributed by atoms with Crippen LogP contribution >= 0.6 is 0 Å². The number of rotatable bonds is 8. The highest BCUT2D eigenvalue weighted by Crippen LogP contribution is 2.18. The Morgan fingerprint density at radius 2 is 1.61 bits per heavy atom. The molecule has 0 aliphatic rings. The number of aromatic nitrogens is 2. The largest absolute Gasteiger partial charge is 0.494 e. The Labute approximate surface area is 181 Å². The van der Waals surface area contributed by atoms with Gasteiger partial charge in [-0.25, -0.2) is 23.1 Å². The number of anilines is 2. The summed E-state index contributed by atoms with van der Waals surface area (Å²) in [4.78, 5) is 20.2. The number of nitrogens with one attached hydrogen (secondary N) is 2. The summed E-state index contributed by atoms with van der Waals surface area (Å²) in [5.41, 5.74) is 2.19. The molecule has 3 rings (SSSR count). The highest BCUT2D eigenvalue weighted by atomic mass is 32.2. The first kappa shape index (κ1) is 22.2. The summed E-state index contributed by atoms with van der Waals surface area (Å²) < 4.78 is 32.3. The van der Waals surface area contributed by atoms with Gasteiger partial charge in [0.25, 0.3) is 15.9 Å². The van der Waals surface area contributed by atoms with Crippen LogP contribution in [0.25, 0.3) is 0 Å². The molecular formula is C22H24N4O4S. The first-order chi connectivity index (χ1) is 14.8. The molecule has 9 heteroatoms.